The summed E-state index contributed by atoms with van der Waals surface area (Å²) in [6.45, 7) is -1.58. The lowest BCUT2D eigenvalue weighted by atomic mass is 10.0. The summed E-state index contributed by atoms with van der Waals surface area (Å²) >= 11 is 0. The van der Waals surface area contributed by atoms with Crippen molar-refractivity contribution in [2.45, 2.75) is 50.5 Å². The zero-order valence-electron chi connectivity index (χ0n) is 15.4. The molecule has 4 nitrogen and oxygen atoms in total. The summed E-state index contributed by atoms with van der Waals surface area (Å²) < 4.78 is 93.0. The Morgan fingerprint density at radius 3 is 2.17 bits per heavy atom. The third kappa shape index (κ3) is 3.77. The van der Waals surface area contributed by atoms with Crippen molar-refractivity contribution in [3.05, 3.63) is 35.6 Å². The zero-order chi connectivity index (χ0) is 21.9. The average molecular weight is 435 g/mol. The number of amides is 1. The Morgan fingerprint density at radius 2 is 1.70 bits per heavy atom. The van der Waals surface area contributed by atoms with Crippen molar-refractivity contribution >= 4 is 11.7 Å². The Bertz CT molecular complexity index is 968. The molecule has 2 aromatic rings. The summed E-state index contributed by atoms with van der Waals surface area (Å²) in [5.74, 6) is -2.57. The van der Waals surface area contributed by atoms with Crippen LogP contribution in [0.4, 0.5) is 36.6 Å². The highest BCUT2D eigenvalue weighted by atomic mass is 19.4. The fraction of sp³-hybridized carbons (Fsp3) is 0.474. The number of nitrogens with one attached hydrogen (secondary N) is 1. The van der Waals surface area contributed by atoms with E-state index in [1.807, 2.05) is 0 Å². The van der Waals surface area contributed by atoms with Crippen LogP contribution in [0.1, 0.15) is 37.2 Å². The van der Waals surface area contributed by atoms with Gasteiger partial charge in [0.2, 0.25) is 5.91 Å². The highest BCUT2D eigenvalue weighted by Crippen LogP contribution is 2.58. The van der Waals surface area contributed by atoms with Crippen molar-refractivity contribution in [1.82, 2.24) is 9.78 Å². The number of aromatic nitrogens is 2. The van der Waals surface area contributed by atoms with Gasteiger partial charge in [-0.15, -0.1) is 0 Å². The van der Waals surface area contributed by atoms with E-state index in [1.165, 1.54) is 12.1 Å². The van der Waals surface area contributed by atoms with Gasteiger partial charge in [0.1, 0.15) is 23.6 Å². The highest BCUT2D eigenvalue weighted by Gasteiger charge is 2.68. The lowest BCUT2D eigenvalue weighted by Crippen LogP contribution is -2.38. The van der Waals surface area contributed by atoms with Crippen LogP contribution in [0.3, 0.4) is 0 Å². The maximum absolute atomic E-state index is 13.3. The summed E-state index contributed by atoms with van der Waals surface area (Å²) in [7, 11) is 0. The molecule has 0 bridgehead atoms. The molecule has 0 aliphatic heterocycles. The molecule has 162 valence electrons. The largest absolute Gasteiger partial charge is 0.408 e. The van der Waals surface area contributed by atoms with Crippen LogP contribution in [-0.4, -0.2) is 28.0 Å². The van der Waals surface area contributed by atoms with Crippen molar-refractivity contribution < 1.29 is 35.5 Å². The minimum Gasteiger partial charge on any atom is -0.310 e. The van der Waals surface area contributed by atoms with Crippen LogP contribution in [0.15, 0.2) is 24.3 Å². The number of benzene rings is 1. The molecule has 1 amide bonds. The monoisotopic (exact) mass is 435 g/mol. The fourth-order valence-corrected chi connectivity index (χ4v) is 3.46. The maximum Gasteiger partial charge on any atom is 0.408 e. The molecule has 1 heterocycles. The van der Waals surface area contributed by atoms with E-state index in [9.17, 15) is 35.5 Å². The van der Waals surface area contributed by atoms with Gasteiger partial charge in [-0.1, -0.05) is 0 Å². The molecule has 30 heavy (non-hydrogen) atoms. The van der Waals surface area contributed by atoms with Crippen LogP contribution in [0.25, 0.3) is 11.3 Å². The number of hydrogen-bond acceptors (Lipinski definition) is 2. The number of carbonyl (C=O) groups excluding carboxylic acids is 1. The molecule has 1 aromatic carbocycles. The van der Waals surface area contributed by atoms with E-state index < -0.39 is 48.9 Å². The zero-order valence-corrected chi connectivity index (χ0v) is 15.4. The normalized spacial score (nSPS) is 18.4. The molecule has 2 fully saturated rings. The molecule has 11 heteroatoms. The van der Waals surface area contributed by atoms with Crippen molar-refractivity contribution in [2.75, 3.05) is 5.32 Å². The van der Waals surface area contributed by atoms with Gasteiger partial charge in [0.15, 0.2) is 0 Å². The summed E-state index contributed by atoms with van der Waals surface area (Å²) in [6.07, 6.45) is -9.16. The van der Waals surface area contributed by atoms with E-state index >= 15 is 0 Å². The first-order valence-corrected chi connectivity index (χ1v) is 9.23. The van der Waals surface area contributed by atoms with E-state index in [1.54, 1.807) is 0 Å². The number of hydrogen-bond donors (Lipinski definition) is 1. The molecule has 1 N–H and O–H groups in total. The van der Waals surface area contributed by atoms with Gasteiger partial charge in [0.05, 0.1) is 5.69 Å². The van der Waals surface area contributed by atoms with Crippen molar-refractivity contribution in [2.24, 2.45) is 5.41 Å². The van der Waals surface area contributed by atoms with E-state index in [2.05, 4.69) is 10.4 Å². The second-order valence-electron chi connectivity index (χ2n) is 7.70. The molecule has 2 aliphatic rings. The molecule has 0 unspecified atom stereocenters. The molecular formula is C19H16F7N3O. The standard InChI is InChI=1S/C19H16F7N3O/c20-12-5-3-11(4-6-12)14-13(10-1-2-10)15(29(28-14)9-18(21,22)23)27-16(30)17(7-8-17)19(24,25)26/h3-6,10H,1-2,7-9H2,(H,27,30). The Hall–Kier alpha value is -2.59. The summed E-state index contributed by atoms with van der Waals surface area (Å²) in [6, 6.07) is 4.86. The van der Waals surface area contributed by atoms with Gasteiger partial charge in [-0.2, -0.15) is 31.4 Å². The lowest BCUT2D eigenvalue weighted by Gasteiger charge is -2.20. The molecule has 0 saturated heterocycles. The maximum atomic E-state index is 13.3. The second kappa shape index (κ2) is 6.71. The van der Waals surface area contributed by atoms with Crippen LogP contribution in [-0.2, 0) is 11.3 Å². The van der Waals surface area contributed by atoms with E-state index in [4.69, 9.17) is 0 Å². The van der Waals surface area contributed by atoms with Gasteiger partial charge in [-0.3, -0.25) is 4.79 Å². The number of halogens is 7. The number of rotatable bonds is 5. The predicted molar refractivity (Wildman–Crippen MR) is 92.0 cm³/mol. The Labute approximate surface area is 166 Å². The van der Waals surface area contributed by atoms with Crippen molar-refractivity contribution in [3.8, 4) is 11.3 Å². The predicted octanol–water partition coefficient (Wildman–Crippen LogP) is 5.41. The van der Waals surface area contributed by atoms with Crippen LogP contribution < -0.4 is 5.32 Å². The molecule has 1 aromatic heterocycles. The third-order valence-corrected chi connectivity index (χ3v) is 5.38. The van der Waals surface area contributed by atoms with Gasteiger partial charge in [0, 0.05) is 11.1 Å². The Morgan fingerprint density at radius 1 is 1.10 bits per heavy atom. The minimum atomic E-state index is -4.80. The molecular weight excluding hydrogens is 419 g/mol. The van der Waals surface area contributed by atoms with Gasteiger partial charge in [0.25, 0.3) is 0 Å². The first-order chi connectivity index (χ1) is 13.9. The van der Waals surface area contributed by atoms with Crippen molar-refractivity contribution in [1.29, 1.82) is 0 Å². The number of carbonyl (C=O) groups is 1. The smallest absolute Gasteiger partial charge is 0.310 e. The van der Waals surface area contributed by atoms with Gasteiger partial charge in [-0.05, 0) is 55.9 Å². The first-order valence-electron chi connectivity index (χ1n) is 9.23. The van der Waals surface area contributed by atoms with E-state index in [-0.39, 0.29) is 23.0 Å². The van der Waals surface area contributed by atoms with Crippen LogP contribution in [0, 0.1) is 11.2 Å². The summed E-state index contributed by atoms with van der Waals surface area (Å²) in [4.78, 5) is 12.4. The molecule has 2 aliphatic carbocycles. The van der Waals surface area contributed by atoms with Gasteiger partial charge < -0.3 is 5.32 Å². The van der Waals surface area contributed by atoms with Gasteiger partial charge >= 0.3 is 12.4 Å². The number of anilines is 1. The Kier molecular flexibility index (Phi) is 4.62. The fourth-order valence-electron chi connectivity index (χ4n) is 3.46. The highest BCUT2D eigenvalue weighted by molar-refractivity contribution is 5.98. The van der Waals surface area contributed by atoms with Crippen LogP contribution >= 0.6 is 0 Å². The SMILES string of the molecule is O=C(Nc1c(C2CC2)c(-c2ccc(F)cc2)nn1CC(F)(F)F)C1(C(F)(F)F)CC1. The average Bonchev–Trinajstić information content (AvgIpc) is 3.52. The van der Waals surface area contributed by atoms with Crippen LogP contribution in [0.5, 0.6) is 0 Å². The minimum absolute atomic E-state index is 0.0916. The molecule has 0 spiro atoms. The number of nitrogens with zero attached hydrogens (tertiary/aromatic N) is 2. The molecule has 4 rings (SSSR count). The van der Waals surface area contributed by atoms with E-state index in [0.29, 0.717) is 23.1 Å². The first kappa shape index (κ1) is 20.7. The molecule has 2 saturated carbocycles. The Balaban J connectivity index is 1.79. The summed E-state index contributed by atoms with van der Waals surface area (Å²) in [5.41, 5.74) is -1.94. The van der Waals surface area contributed by atoms with Crippen molar-refractivity contribution in [3.63, 3.8) is 0 Å². The third-order valence-electron chi connectivity index (χ3n) is 5.38. The molecule has 0 atom stereocenters. The topological polar surface area (TPSA) is 46.9 Å². The number of alkyl halides is 6. The van der Waals surface area contributed by atoms with Gasteiger partial charge in [-0.25, -0.2) is 9.07 Å². The lowest BCUT2D eigenvalue weighted by molar-refractivity contribution is -0.189. The van der Waals surface area contributed by atoms with E-state index in [0.717, 1.165) is 12.1 Å². The second-order valence-corrected chi connectivity index (χ2v) is 7.70. The van der Waals surface area contributed by atoms with Crippen LogP contribution in [0.2, 0.25) is 0 Å². The molecule has 0 radical (unpaired) electrons. The quantitative estimate of drug-likeness (QED) is 0.639. The summed E-state index contributed by atoms with van der Waals surface area (Å²) in [5, 5.41) is 6.05.